The number of nitrogens with one attached hydrogen (secondary N) is 1. The van der Waals surface area contributed by atoms with Gasteiger partial charge >= 0.3 is 0 Å². The first-order chi connectivity index (χ1) is 8.70. The number of rotatable bonds is 4. The molecule has 1 aliphatic rings. The van der Waals surface area contributed by atoms with Gasteiger partial charge in [-0.25, -0.2) is 0 Å². The molecule has 1 heterocycles. The van der Waals surface area contributed by atoms with E-state index in [1.165, 1.54) is 0 Å². The minimum absolute atomic E-state index is 0.126. The molecule has 98 valence electrons. The Bertz CT molecular complexity index is 431. The summed E-state index contributed by atoms with van der Waals surface area (Å²) in [6.45, 7) is 0.518. The van der Waals surface area contributed by atoms with Crippen molar-refractivity contribution >= 4 is 23.4 Å². The second-order valence-corrected chi connectivity index (χ2v) is 5.61. The zero-order valence-corrected chi connectivity index (χ0v) is 11.3. The molecule has 0 aromatic heterocycles. The van der Waals surface area contributed by atoms with Gasteiger partial charge in [0.25, 0.3) is 0 Å². The van der Waals surface area contributed by atoms with E-state index in [0.717, 1.165) is 24.2 Å². The topological polar surface area (TPSA) is 64.3 Å². The summed E-state index contributed by atoms with van der Waals surface area (Å²) >= 11 is 1.74. The quantitative estimate of drug-likeness (QED) is 0.816. The molecule has 1 unspecified atom stereocenters. The Hall–Kier alpha value is -1.36. The first-order valence-electron chi connectivity index (χ1n) is 6.02. The molecule has 5 heteroatoms. The van der Waals surface area contributed by atoms with Gasteiger partial charge < -0.3 is 15.8 Å². The highest BCUT2D eigenvalue weighted by Gasteiger charge is 2.22. The van der Waals surface area contributed by atoms with Crippen molar-refractivity contribution in [3.63, 3.8) is 0 Å². The number of hydrogen-bond donors (Lipinski definition) is 2. The van der Waals surface area contributed by atoms with E-state index in [1.54, 1.807) is 18.9 Å². The van der Waals surface area contributed by atoms with Gasteiger partial charge in [0.1, 0.15) is 5.75 Å². The predicted octanol–water partition coefficient (Wildman–Crippen LogP) is 1.79. The van der Waals surface area contributed by atoms with Crippen molar-refractivity contribution in [2.45, 2.75) is 24.6 Å². The van der Waals surface area contributed by atoms with Crippen LogP contribution in [0.4, 0.5) is 5.69 Å². The molecule has 0 spiro atoms. The molecule has 1 fully saturated rings. The molecule has 3 N–H and O–H groups in total. The van der Waals surface area contributed by atoms with E-state index in [0.29, 0.717) is 18.0 Å². The molecule has 1 aromatic carbocycles. The van der Waals surface area contributed by atoms with Crippen molar-refractivity contribution in [2.75, 3.05) is 18.6 Å². The van der Waals surface area contributed by atoms with Crippen molar-refractivity contribution in [1.29, 1.82) is 0 Å². The first kappa shape index (κ1) is 13.1. The lowest BCUT2D eigenvalue weighted by Crippen LogP contribution is -2.30. The average molecular weight is 266 g/mol. The molecule has 1 atom stereocenters. The van der Waals surface area contributed by atoms with Crippen LogP contribution >= 0.6 is 11.8 Å². The van der Waals surface area contributed by atoms with E-state index >= 15 is 0 Å². The fourth-order valence-corrected chi connectivity index (χ4v) is 3.17. The van der Waals surface area contributed by atoms with Crippen molar-refractivity contribution in [3.8, 4) is 5.75 Å². The minimum Gasteiger partial charge on any atom is -0.495 e. The number of amides is 1. The third-order valence-electron chi connectivity index (χ3n) is 2.98. The molecule has 1 amide bonds. The Balaban J connectivity index is 1.89. The van der Waals surface area contributed by atoms with E-state index < -0.39 is 0 Å². The maximum Gasteiger partial charge on any atom is 0.233 e. The van der Waals surface area contributed by atoms with Crippen LogP contribution in [0.25, 0.3) is 0 Å². The molecule has 1 aliphatic heterocycles. The number of thioether (sulfide) groups is 1. The molecule has 0 aliphatic carbocycles. The molecular formula is C13H18N2O2S. The zero-order chi connectivity index (χ0) is 13.0. The maximum atomic E-state index is 11.8. The fourth-order valence-electron chi connectivity index (χ4n) is 1.98. The Morgan fingerprint density at radius 1 is 1.61 bits per heavy atom. The van der Waals surface area contributed by atoms with Gasteiger partial charge in [0, 0.05) is 6.54 Å². The fraction of sp³-hybridized carbons (Fsp3) is 0.462. The lowest BCUT2D eigenvalue weighted by atomic mass is 10.2. The lowest BCUT2D eigenvalue weighted by molar-refractivity contribution is -0.120. The number of benzene rings is 1. The molecular weight excluding hydrogens is 248 g/mol. The number of anilines is 1. The van der Waals surface area contributed by atoms with Gasteiger partial charge in [0.05, 0.1) is 18.0 Å². The van der Waals surface area contributed by atoms with Gasteiger partial charge in [-0.1, -0.05) is 6.07 Å². The lowest BCUT2D eigenvalue weighted by Gasteiger charge is -2.11. The maximum absolute atomic E-state index is 11.8. The third kappa shape index (κ3) is 3.10. The normalized spacial score (nSPS) is 18.6. The number of nitrogen functional groups attached to an aromatic ring is 1. The number of hydrogen-bond acceptors (Lipinski definition) is 4. The Kier molecular flexibility index (Phi) is 4.36. The van der Waals surface area contributed by atoms with Crippen LogP contribution in [0.2, 0.25) is 0 Å². The van der Waals surface area contributed by atoms with Crippen LogP contribution in [0.15, 0.2) is 18.2 Å². The van der Waals surface area contributed by atoms with E-state index in [2.05, 4.69) is 5.32 Å². The van der Waals surface area contributed by atoms with Gasteiger partial charge in [-0.15, -0.1) is 11.8 Å². The van der Waals surface area contributed by atoms with Crippen molar-refractivity contribution in [1.82, 2.24) is 5.32 Å². The van der Waals surface area contributed by atoms with Crippen LogP contribution in [-0.2, 0) is 11.3 Å². The Morgan fingerprint density at radius 2 is 2.44 bits per heavy atom. The van der Waals surface area contributed by atoms with Gasteiger partial charge in [-0.05, 0) is 36.3 Å². The van der Waals surface area contributed by atoms with Crippen LogP contribution < -0.4 is 15.8 Å². The van der Waals surface area contributed by atoms with Crippen molar-refractivity contribution in [3.05, 3.63) is 23.8 Å². The van der Waals surface area contributed by atoms with Gasteiger partial charge in [0.15, 0.2) is 0 Å². The zero-order valence-electron chi connectivity index (χ0n) is 10.4. The second-order valence-electron chi connectivity index (χ2n) is 4.30. The molecule has 4 nitrogen and oxygen atoms in total. The smallest absolute Gasteiger partial charge is 0.233 e. The van der Waals surface area contributed by atoms with Crippen LogP contribution in [0.3, 0.4) is 0 Å². The van der Waals surface area contributed by atoms with Crippen LogP contribution in [-0.4, -0.2) is 24.0 Å². The molecule has 0 saturated carbocycles. The van der Waals surface area contributed by atoms with Crippen LogP contribution in [0, 0.1) is 0 Å². The summed E-state index contributed by atoms with van der Waals surface area (Å²) < 4.78 is 5.09. The SMILES string of the molecule is COc1ccc(CNC(=O)C2CCCS2)cc1N. The summed E-state index contributed by atoms with van der Waals surface area (Å²) in [5.41, 5.74) is 7.41. The largest absolute Gasteiger partial charge is 0.495 e. The molecule has 2 rings (SSSR count). The highest BCUT2D eigenvalue weighted by molar-refractivity contribution is 8.00. The Labute approximate surface area is 111 Å². The second kappa shape index (κ2) is 6.00. The monoisotopic (exact) mass is 266 g/mol. The third-order valence-corrected chi connectivity index (χ3v) is 4.36. The van der Waals surface area contributed by atoms with Crippen LogP contribution in [0.5, 0.6) is 5.75 Å². The molecule has 0 bridgehead atoms. The summed E-state index contributed by atoms with van der Waals surface area (Å²) in [5, 5.41) is 3.07. The van der Waals surface area contributed by atoms with Crippen LogP contribution in [0.1, 0.15) is 18.4 Å². The summed E-state index contributed by atoms with van der Waals surface area (Å²) in [5.74, 6) is 1.89. The first-order valence-corrected chi connectivity index (χ1v) is 7.07. The number of methoxy groups -OCH3 is 1. The van der Waals surface area contributed by atoms with E-state index in [9.17, 15) is 4.79 Å². The minimum atomic E-state index is 0.126. The number of nitrogens with two attached hydrogens (primary N) is 1. The van der Waals surface area contributed by atoms with Gasteiger partial charge in [0.2, 0.25) is 5.91 Å². The average Bonchev–Trinajstić information content (AvgIpc) is 2.90. The van der Waals surface area contributed by atoms with E-state index in [4.69, 9.17) is 10.5 Å². The van der Waals surface area contributed by atoms with E-state index in [-0.39, 0.29) is 11.2 Å². The molecule has 1 saturated heterocycles. The van der Waals surface area contributed by atoms with Gasteiger partial charge in [-0.3, -0.25) is 4.79 Å². The van der Waals surface area contributed by atoms with Crippen molar-refractivity contribution < 1.29 is 9.53 Å². The number of ether oxygens (including phenoxy) is 1. The molecule has 1 aromatic rings. The van der Waals surface area contributed by atoms with Crippen molar-refractivity contribution in [2.24, 2.45) is 0 Å². The number of carbonyl (C=O) groups excluding carboxylic acids is 1. The summed E-state index contributed by atoms with van der Waals surface area (Å²) in [4.78, 5) is 11.8. The molecule has 0 radical (unpaired) electrons. The standard InChI is InChI=1S/C13H18N2O2S/c1-17-11-5-4-9(7-10(11)14)8-15-13(16)12-3-2-6-18-12/h4-5,7,12H,2-3,6,8,14H2,1H3,(H,15,16). The molecule has 18 heavy (non-hydrogen) atoms. The van der Waals surface area contributed by atoms with Gasteiger partial charge in [-0.2, -0.15) is 0 Å². The predicted molar refractivity (Wildman–Crippen MR) is 74.7 cm³/mol. The summed E-state index contributed by atoms with van der Waals surface area (Å²) in [7, 11) is 1.59. The summed E-state index contributed by atoms with van der Waals surface area (Å²) in [6.07, 6.45) is 2.12. The Morgan fingerprint density at radius 3 is 3.06 bits per heavy atom. The van der Waals surface area contributed by atoms with E-state index in [1.807, 2.05) is 18.2 Å². The highest BCUT2D eigenvalue weighted by Crippen LogP contribution is 2.26. The number of carbonyl (C=O) groups is 1. The summed E-state index contributed by atoms with van der Waals surface area (Å²) in [6, 6.07) is 5.57. The highest BCUT2D eigenvalue weighted by atomic mass is 32.2.